The number of aromatic carboxylic acids is 1. The Morgan fingerprint density at radius 3 is 2.55 bits per heavy atom. The van der Waals surface area contributed by atoms with E-state index in [2.05, 4.69) is 5.32 Å². The molecule has 0 saturated heterocycles. The number of carboxylic acids is 1. The maximum absolute atomic E-state index is 13.6. The first-order valence-electron chi connectivity index (χ1n) is 5.90. The molecule has 0 unspecified atom stereocenters. The van der Waals surface area contributed by atoms with Gasteiger partial charge in [-0.2, -0.15) is 0 Å². The smallest absolute Gasteiger partial charge is 0.345 e. The second-order valence-electron chi connectivity index (χ2n) is 4.43. The van der Waals surface area contributed by atoms with E-state index in [1.807, 2.05) is 0 Å². The van der Waals surface area contributed by atoms with Gasteiger partial charge in [-0.25, -0.2) is 13.6 Å². The molecule has 0 aliphatic rings. The minimum absolute atomic E-state index is 0.0653. The molecule has 0 spiro atoms. The van der Waals surface area contributed by atoms with Crippen molar-refractivity contribution in [1.29, 1.82) is 0 Å². The Labute approximate surface area is 118 Å². The van der Waals surface area contributed by atoms with Gasteiger partial charge in [-0.15, -0.1) is 11.3 Å². The standard InChI is InChI=1S/C14H13F2NO2S/c1-7-3-11(16)12(5-10(7)15)17-6-9-4-13(14(18)19)20-8(9)2/h3-5,17H,6H2,1-2H3,(H,18,19). The monoisotopic (exact) mass is 297 g/mol. The third-order valence-electron chi connectivity index (χ3n) is 2.95. The first-order valence-corrected chi connectivity index (χ1v) is 6.72. The lowest BCUT2D eigenvalue weighted by atomic mass is 10.2. The first kappa shape index (κ1) is 14.5. The average Bonchev–Trinajstić information content (AvgIpc) is 2.74. The van der Waals surface area contributed by atoms with E-state index in [1.54, 1.807) is 6.92 Å². The largest absolute Gasteiger partial charge is 0.477 e. The third-order valence-corrected chi connectivity index (χ3v) is 4.03. The highest BCUT2D eigenvalue weighted by atomic mass is 32.1. The normalized spacial score (nSPS) is 10.6. The average molecular weight is 297 g/mol. The van der Waals surface area contributed by atoms with Gasteiger partial charge in [0.25, 0.3) is 0 Å². The number of hydrogen-bond donors (Lipinski definition) is 2. The van der Waals surface area contributed by atoms with Crippen LogP contribution < -0.4 is 5.32 Å². The molecule has 2 rings (SSSR count). The van der Waals surface area contributed by atoms with E-state index < -0.39 is 17.6 Å². The van der Waals surface area contributed by atoms with Gasteiger partial charge in [-0.05, 0) is 37.1 Å². The molecule has 1 heterocycles. The highest BCUT2D eigenvalue weighted by Gasteiger charge is 2.12. The molecule has 0 bridgehead atoms. The lowest BCUT2D eigenvalue weighted by Gasteiger charge is -2.08. The molecule has 2 aromatic rings. The minimum Gasteiger partial charge on any atom is -0.477 e. The zero-order valence-corrected chi connectivity index (χ0v) is 11.8. The predicted molar refractivity (Wildman–Crippen MR) is 74.4 cm³/mol. The van der Waals surface area contributed by atoms with E-state index in [0.29, 0.717) is 0 Å². The molecule has 0 radical (unpaired) electrons. The number of aryl methyl sites for hydroxylation is 2. The van der Waals surface area contributed by atoms with Crippen LogP contribution in [0.25, 0.3) is 0 Å². The van der Waals surface area contributed by atoms with Crippen LogP contribution in [0.15, 0.2) is 18.2 Å². The summed E-state index contributed by atoms with van der Waals surface area (Å²) in [6.45, 7) is 3.53. The van der Waals surface area contributed by atoms with Crippen molar-refractivity contribution in [3.05, 3.63) is 50.7 Å². The van der Waals surface area contributed by atoms with Crippen molar-refractivity contribution in [2.75, 3.05) is 5.32 Å². The minimum atomic E-state index is -0.989. The fourth-order valence-electron chi connectivity index (χ4n) is 1.77. The predicted octanol–water partition coefficient (Wildman–Crippen LogP) is 3.95. The Morgan fingerprint density at radius 1 is 1.25 bits per heavy atom. The van der Waals surface area contributed by atoms with Gasteiger partial charge >= 0.3 is 5.97 Å². The van der Waals surface area contributed by atoms with Crippen molar-refractivity contribution >= 4 is 23.0 Å². The van der Waals surface area contributed by atoms with Gasteiger partial charge in [0.05, 0.1) is 5.69 Å². The number of rotatable bonds is 4. The van der Waals surface area contributed by atoms with E-state index >= 15 is 0 Å². The quantitative estimate of drug-likeness (QED) is 0.898. The van der Waals surface area contributed by atoms with Gasteiger partial charge < -0.3 is 10.4 Å². The molecular weight excluding hydrogens is 284 g/mol. The molecule has 1 aromatic carbocycles. The molecule has 2 N–H and O–H groups in total. The van der Waals surface area contributed by atoms with Crippen LogP contribution in [0.4, 0.5) is 14.5 Å². The Bertz CT molecular complexity index is 667. The number of benzene rings is 1. The Balaban J connectivity index is 2.17. The van der Waals surface area contributed by atoms with Gasteiger partial charge in [-0.3, -0.25) is 0 Å². The van der Waals surface area contributed by atoms with E-state index in [1.165, 1.54) is 13.0 Å². The number of carboxylic acid groups (broad SMARTS) is 1. The molecule has 0 aliphatic carbocycles. The molecule has 0 amide bonds. The maximum Gasteiger partial charge on any atom is 0.345 e. The first-order chi connectivity index (χ1) is 9.38. The van der Waals surface area contributed by atoms with Crippen molar-refractivity contribution in [1.82, 2.24) is 0 Å². The fourth-order valence-corrected chi connectivity index (χ4v) is 2.65. The summed E-state index contributed by atoms with van der Waals surface area (Å²) < 4.78 is 27.0. The van der Waals surface area contributed by atoms with E-state index in [0.717, 1.165) is 33.9 Å². The van der Waals surface area contributed by atoms with E-state index in [-0.39, 0.29) is 22.7 Å². The molecule has 0 atom stereocenters. The lowest BCUT2D eigenvalue weighted by Crippen LogP contribution is -2.03. The molecule has 106 valence electrons. The maximum atomic E-state index is 13.6. The highest BCUT2D eigenvalue weighted by Crippen LogP contribution is 2.24. The van der Waals surface area contributed by atoms with Crippen LogP contribution in [0.1, 0.15) is 25.7 Å². The SMILES string of the molecule is Cc1cc(F)c(NCc2cc(C(=O)O)sc2C)cc1F. The van der Waals surface area contributed by atoms with Crippen molar-refractivity contribution in [2.45, 2.75) is 20.4 Å². The van der Waals surface area contributed by atoms with Crippen molar-refractivity contribution < 1.29 is 18.7 Å². The van der Waals surface area contributed by atoms with Gasteiger partial charge in [-0.1, -0.05) is 0 Å². The number of nitrogens with one attached hydrogen (secondary N) is 1. The number of halogens is 2. The molecule has 1 aromatic heterocycles. The van der Waals surface area contributed by atoms with E-state index in [4.69, 9.17) is 5.11 Å². The summed E-state index contributed by atoms with van der Waals surface area (Å²) in [5.74, 6) is -2.01. The summed E-state index contributed by atoms with van der Waals surface area (Å²) in [5, 5.41) is 11.7. The molecule has 20 heavy (non-hydrogen) atoms. The molecule has 0 fully saturated rings. The zero-order valence-electron chi connectivity index (χ0n) is 11.0. The van der Waals surface area contributed by atoms with Gasteiger partial charge in [0.1, 0.15) is 16.5 Å². The summed E-state index contributed by atoms with van der Waals surface area (Å²) >= 11 is 1.16. The number of thiophene rings is 1. The van der Waals surface area contributed by atoms with Crippen LogP contribution in [-0.2, 0) is 6.54 Å². The van der Waals surface area contributed by atoms with Crippen LogP contribution in [0.5, 0.6) is 0 Å². The Morgan fingerprint density at radius 2 is 1.95 bits per heavy atom. The molecule has 3 nitrogen and oxygen atoms in total. The molecule has 0 saturated carbocycles. The second kappa shape index (κ2) is 5.58. The zero-order chi connectivity index (χ0) is 14.9. The van der Waals surface area contributed by atoms with Gasteiger partial charge in [0.2, 0.25) is 0 Å². The van der Waals surface area contributed by atoms with Gasteiger partial charge in [0.15, 0.2) is 0 Å². The number of anilines is 1. The molecular formula is C14H13F2NO2S. The highest BCUT2D eigenvalue weighted by molar-refractivity contribution is 7.14. The summed E-state index contributed by atoms with van der Waals surface area (Å²) in [6.07, 6.45) is 0. The van der Waals surface area contributed by atoms with Crippen LogP contribution in [0.3, 0.4) is 0 Å². The van der Waals surface area contributed by atoms with Crippen molar-refractivity contribution in [3.8, 4) is 0 Å². The van der Waals surface area contributed by atoms with Crippen LogP contribution in [0.2, 0.25) is 0 Å². The summed E-state index contributed by atoms with van der Waals surface area (Å²) in [4.78, 5) is 11.9. The van der Waals surface area contributed by atoms with Crippen LogP contribution >= 0.6 is 11.3 Å². The topological polar surface area (TPSA) is 49.3 Å². The van der Waals surface area contributed by atoms with Crippen LogP contribution in [0, 0.1) is 25.5 Å². The second-order valence-corrected chi connectivity index (χ2v) is 5.69. The summed E-state index contributed by atoms with van der Waals surface area (Å²) in [7, 11) is 0. The Kier molecular flexibility index (Phi) is 4.04. The van der Waals surface area contributed by atoms with Crippen LogP contribution in [-0.4, -0.2) is 11.1 Å². The number of carbonyl (C=O) groups is 1. The van der Waals surface area contributed by atoms with E-state index in [9.17, 15) is 13.6 Å². The summed E-state index contributed by atoms with van der Waals surface area (Å²) in [6, 6.07) is 3.77. The fraction of sp³-hybridized carbons (Fsp3) is 0.214. The number of hydrogen-bond acceptors (Lipinski definition) is 3. The van der Waals surface area contributed by atoms with Crippen molar-refractivity contribution in [2.24, 2.45) is 0 Å². The third kappa shape index (κ3) is 2.96. The molecule has 6 heteroatoms. The molecule has 0 aliphatic heterocycles. The summed E-state index contributed by atoms with van der Waals surface area (Å²) in [5.41, 5.74) is 1.07. The lowest BCUT2D eigenvalue weighted by molar-refractivity contribution is 0.0702. The Hall–Kier alpha value is -1.95. The van der Waals surface area contributed by atoms with Crippen molar-refractivity contribution in [3.63, 3.8) is 0 Å². The van der Waals surface area contributed by atoms with Gasteiger partial charge in [0, 0.05) is 17.5 Å².